The molecule has 1 unspecified atom stereocenters. The van der Waals surface area contributed by atoms with Crippen molar-refractivity contribution < 1.29 is 4.21 Å². The fourth-order valence-electron chi connectivity index (χ4n) is 0.676. The van der Waals surface area contributed by atoms with E-state index in [1.165, 1.54) is 4.88 Å². The normalized spacial score (nSPS) is 13.3. The summed E-state index contributed by atoms with van der Waals surface area (Å²) >= 11 is 5.05. The Hall–Kier alpha value is 0.330. The molecule has 1 aromatic heterocycles. The van der Waals surface area contributed by atoms with Crippen molar-refractivity contribution in [3.05, 3.63) is 20.8 Å². The van der Waals surface area contributed by atoms with Gasteiger partial charge in [0.1, 0.15) is 0 Å². The number of hydrogen-bond donors (Lipinski definition) is 0. The van der Waals surface area contributed by atoms with Crippen molar-refractivity contribution in [1.82, 2.24) is 0 Å². The maximum Gasteiger partial charge on any atom is 0.0590 e. The van der Waals surface area contributed by atoms with E-state index in [4.69, 9.17) is 0 Å². The van der Waals surface area contributed by atoms with Gasteiger partial charge in [-0.15, -0.1) is 11.3 Å². The molecule has 0 aliphatic rings. The summed E-state index contributed by atoms with van der Waals surface area (Å²) in [6, 6.07) is 1.99. The van der Waals surface area contributed by atoms with Crippen LogP contribution in [0, 0.1) is 0 Å². The molecule has 0 radical (unpaired) electrons. The topological polar surface area (TPSA) is 17.1 Å². The first-order valence-corrected chi connectivity index (χ1v) is 6.47. The van der Waals surface area contributed by atoms with Crippen molar-refractivity contribution >= 4 is 38.1 Å². The molecule has 0 bridgehead atoms. The predicted molar refractivity (Wildman–Crippen MR) is 54.4 cm³/mol. The van der Waals surface area contributed by atoms with Crippen LogP contribution in [-0.2, 0) is 16.6 Å². The monoisotopic (exact) mass is 252 g/mol. The highest BCUT2D eigenvalue weighted by Crippen LogP contribution is 2.23. The van der Waals surface area contributed by atoms with E-state index in [2.05, 4.69) is 15.9 Å². The van der Waals surface area contributed by atoms with Crippen molar-refractivity contribution in [1.29, 1.82) is 0 Å². The Kier molecular flexibility index (Phi) is 3.75. The Labute approximate surface area is 81.4 Å². The number of rotatable bonds is 3. The maximum absolute atomic E-state index is 11.1. The molecule has 1 atom stereocenters. The minimum Gasteiger partial charge on any atom is -0.259 e. The van der Waals surface area contributed by atoms with Crippen molar-refractivity contribution in [2.24, 2.45) is 0 Å². The molecular formula is C7H9BrOS2. The molecule has 11 heavy (non-hydrogen) atoms. The first kappa shape index (κ1) is 9.42. The number of thiophene rings is 1. The molecule has 62 valence electrons. The van der Waals surface area contributed by atoms with Gasteiger partial charge in [-0.1, -0.05) is 6.92 Å². The maximum atomic E-state index is 11.1. The van der Waals surface area contributed by atoms with E-state index in [-0.39, 0.29) is 0 Å². The Morgan fingerprint density at radius 3 is 2.91 bits per heavy atom. The van der Waals surface area contributed by atoms with Crippen LogP contribution in [0.15, 0.2) is 15.9 Å². The first-order valence-electron chi connectivity index (χ1n) is 3.31. The molecule has 1 nitrogen and oxygen atoms in total. The lowest BCUT2D eigenvalue weighted by Gasteiger charge is -1.95. The van der Waals surface area contributed by atoms with Gasteiger partial charge in [0.2, 0.25) is 0 Å². The molecule has 0 fully saturated rings. The third kappa shape index (κ3) is 2.69. The van der Waals surface area contributed by atoms with E-state index in [1.807, 2.05) is 18.4 Å². The minimum atomic E-state index is -0.686. The highest BCUT2D eigenvalue weighted by atomic mass is 79.9. The Bertz CT molecular complexity index is 257. The molecule has 0 saturated heterocycles. The summed E-state index contributed by atoms with van der Waals surface area (Å²) < 4.78 is 12.2. The van der Waals surface area contributed by atoms with Crippen molar-refractivity contribution in [3.63, 3.8) is 0 Å². The lowest BCUT2D eigenvalue weighted by Crippen LogP contribution is -1.95. The summed E-state index contributed by atoms with van der Waals surface area (Å²) in [5.74, 6) is 1.43. The molecule has 4 heteroatoms. The molecule has 0 aliphatic heterocycles. The Morgan fingerprint density at radius 1 is 1.73 bits per heavy atom. The molecule has 1 heterocycles. The average Bonchev–Trinajstić information content (AvgIpc) is 2.37. The van der Waals surface area contributed by atoms with Gasteiger partial charge in [-0.05, 0) is 27.4 Å². The summed E-state index contributed by atoms with van der Waals surface area (Å²) in [6.45, 7) is 1.94. The first-order chi connectivity index (χ1) is 5.24. The quantitative estimate of drug-likeness (QED) is 0.809. The molecule has 1 rings (SSSR count). The van der Waals surface area contributed by atoms with Crippen LogP contribution >= 0.6 is 27.3 Å². The van der Waals surface area contributed by atoms with Crippen LogP contribution in [0.1, 0.15) is 11.8 Å². The molecule has 0 saturated carbocycles. The molecule has 0 aromatic carbocycles. The standard InChI is InChI=1S/C7H9BrOS2/c1-2-11(9)5-7-6(8)3-4-10-7/h3-4H,2,5H2,1H3. The second-order valence-electron chi connectivity index (χ2n) is 2.06. The van der Waals surface area contributed by atoms with E-state index in [0.717, 1.165) is 10.2 Å². The molecule has 0 amide bonds. The van der Waals surface area contributed by atoms with Gasteiger partial charge in [-0.25, -0.2) is 0 Å². The fraction of sp³-hybridized carbons (Fsp3) is 0.429. The fourth-order valence-corrected chi connectivity index (χ4v) is 3.46. The zero-order valence-corrected chi connectivity index (χ0v) is 9.39. The average molecular weight is 253 g/mol. The van der Waals surface area contributed by atoms with Gasteiger partial charge < -0.3 is 0 Å². The van der Waals surface area contributed by atoms with E-state index in [1.54, 1.807) is 11.3 Å². The van der Waals surface area contributed by atoms with Gasteiger partial charge in [-0.3, -0.25) is 4.21 Å². The SMILES string of the molecule is CCS(=O)Cc1sccc1Br. The zero-order chi connectivity index (χ0) is 8.27. The second kappa shape index (κ2) is 4.38. The summed E-state index contributed by atoms with van der Waals surface area (Å²) in [5, 5.41) is 2.01. The largest absolute Gasteiger partial charge is 0.259 e. The van der Waals surface area contributed by atoms with Crippen LogP contribution in [0.3, 0.4) is 0 Å². The van der Waals surface area contributed by atoms with Gasteiger partial charge in [0.25, 0.3) is 0 Å². The molecular weight excluding hydrogens is 244 g/mol. The molecule has 1 aromatic rings. The third-order valence-electron chi connectivity index (χ3n) is 1.31. The van der Waals surface area contributed by atoms with Gasteiger partial charge in [0.15, 0.2) is 0 Å². The lowest BCUT2D eigenvalue weighted by atomic mass is 10.5. The van der Waals surface area contributed by atoms with E-state index in [9.17, 15) is 4.21 Å². The van der Waals surface area contributed by atoms with Crippen molar-refractivity contribution in [3.8, 4) is 0 Å². The predicted octanol–water partition coefficient (Wildman–Crippen LogP) is 2.78. The Balaban J connectivity index is 2.64. The van der Waals surface area contributed by atoms with Gasteiger partial charge >= 0.3 is 0 Å². The highest BCUT2D eigenvalue weighted by molar-refractivity contribution is 9.10. The molecule has 0 spiro atoms. The summed E-state index contributed by atoms with van der Waals surface area (Å²) in [5.41, 5.74) is 0. The van der Waals surface area contributed by atoms with Crippen LogP contribution in [0.4, 0.5) is 0 Å². The minimum absolute atomic E-state index is 0.686. The van der Waals surface area contributed by atoms with E-state index < -0.39 is 10.8 Å². The summed E-state index contributed by atoms with van der Waals surface area (Å²) in [7, 11) is -0.686. The van der Waals surface area contributed by atoms with E-state index in [0.29, 0.717) is 5.75 Å². The van der Waals surface area contributed by atoms with E-state index >= 15 is 0 Å². The van der Waals surface area contributed by atoms with Crippen LogP contribution < -0.4 is 0 Å². The smallest absolute Gasteiger partial charge is 0.0590 e. The highest BCUT2D eigenvalue weighted by Gasteiger charge is 2.03. The van der Waals surface area contributed by atoms with Crippen molar-refractivity contribution in [2.75, 3.05) is 5.75 Å². The van der Waals surface area contributed by atoms with Crippen LogP contribution in [-0.4, -0.2) is 9.96 Å². The van der Waals surface area contributed by atoms with Crippen LogP contribution in [0.2, 0.25) is 0 Å². The Morgan fingerprint density at radius 2 is 2.45 bits per heavy atom. The zero-order valence-electron chi connectivity index (χ0n) is 6.17. The van der Waals surface area contributed by atoms with Gasteiger partial charge in [0, 0.05) is 25.9 Å². The second-order valence-corrected chi connectivity index (χ2v) is 5.67. The molecule has 0 aliphatic carbocycles. The summed E-state index contributed by atoms with van der Waals surface area (Å²) in [6.07, 6.45) is 0. The van der Waals surface area contributed by atoms with Gasteiger partial charge in [-0.2, -0.15) is 0 Å². The number of halogens is 1. The molecule has 0 N–H and O–H groups in total. The van der Waals surface area contributed by atoms with Crippen molar-refractivity contribution in [2.45, 2.75) is 12.7 Å². The van der Waals surface area contributed by atoms with Crippen LogP contribution in [0.5, 0.6) is 0 Å². The third-order valence-corrected chi connectivity index (χ3v) is 4.67. The van der Waals surface area contributed by atoms with Crippen LogP contribution in [0.25, 0.3) is 0 Å². The van der Waals surface area contributed by atoms with Gasteiger partial charge in [0.05, 0.1) is 5.75 Å². The summed E-state index contributed by atoms with van der Waals surface area (Å²) in [4.78, 5) is 1.19. The lowest BCUT2D eigenvalue weighted by molar-refractivity contribution is 0.683. The number of hydrogen-bond acceptors (Lipinski definition) is 2.